The second kappa shape index (κ2) is 4.58. The van der Waals surface area contributed by atoms with Gasteiger partial charge in [-0.15, -0.1) is 0 Å². The monoisotopic (exact) mass is 202 g/mol. The number of hydrogen-bond donors (Lipinski definition) is 2. The van der Waals surface area contributed by atoms with Crippen LogP contribution >= 0.6 is 0 Å². The zero-order valence-corrected chi connectivity index (χ0v) is 9.62. The van der Waals surface area contributed by atoms with Gasteiger partial charge in [-0.25, -0.2) is 4.39 Å². The fraction of sp³-hybridized carbons (Fsp3) is 1.00. The van der Waals surface area contributed by atoms with Crippen LogP contribution in [-0.4, -0.2) is 30.8 Å². The van der Waals surface area contributed by atoms with Crippen LogP contribution in [0.5, 0.6) is 0 Å². The summed E-state index contributed by atoms with van der Waals surface area (Å²) in [5, 5.41) is 6.49. The molecule has 1 aliphatic rings. The molecule has 0 spiro atoms. The number of alkyl halides is 1. The van der Waals surface area contributed by atoms with E-state index in [0.717, 1.165) is 19.5 Å². The summed E-state index contributed by atoms with van der Waals surface area (Å²) in [5.74, 6) is 0. The molecule has 0 aromatic rings. The normalized spacial score (nSPS) is 30.0. The van der Waals surface area contributed by atoms with Gasteiger partial charge in [0.05, 0.1) is 0 Å². The third-order valence-corrected chi connectivity index (χ3v) is 2.66. The summed E-state index contributed by atoms with van der Waals surface area (Å²) in [4.78, 5) is 0. The number of halogens is 1. The summed E-state index contributed by atoms with van der Waals surface area (Å²) in [6, 6.07) is 0. The Labute approximate surface area is 86.6 Å². The van der Waals surface area contributed by atoms with Gasteiger partial charge < -0.3 is 10.6 Å². The van der Waals surface area contributed by atoms with Crippen molar-refractivity contribution in [3.8, 4) is 0 Å². The lowest BCUT2D eigenvalue weighted by molar-refractivity contribution is 0.130. The molecule has 0 aromatic heterocycles. The summed E-state index contributed by atoms with van der Waals surface area (Å²) >= 11 is 0. The number of hydrogen-bond acceptors (Lipinski definition) is 2. The van der Waals surface area contributed by atoms with Gasteiger partial charge in [0, 0.05) is 12.1 Å². The summed E-state index contributed by atoms with van der Waals surface area (Å²) in [7, 11) is 0. The molecule has 0 aliphatic carbocycles. The Bertz CT molecular complexity index is 167. The molecule has 1 aliphatic heterocycles. The third-order valence-electron chi connectivity index (χ3n) is 2.66. The lowest BCUT2D eigenvalue weighted by Gasteiger charge is -2.29. The minimum atomic E-state index is -1.00. The lowest BCUT2D eigenvalue weighted by atomic mass is 9.95. The largest absolute Gasteiger partial charge is 0.317 e. The van der Waals surface area contributed by atoms with Gasteiger partial charge in [0.2, 0.25) is 0 Å². The molecule has 0 amide bonds. The molecule has 1 saturated heterocycles. The Morgan fingerprint density at radius 2 is 2.00 bits per heavy atom. The number of nitrogens with one attached hydrogen (secondary N) is 2. The minimum Gasteiger partial charge on any atom is -0.317 e. The molecular formula is C11H23FN2. The van der Waals surface area contributed by atoms with Gasteiger partial charge in [-0.05, 0) is 53.1 Å². The van der Waals surface area contributed by atoms with Crippen LogP contribution in [0.3, 0.4) is 0 Å². The first-order chi connectivity index (χ1) is 6.41. The highest BCUT2D eigenvalue weighted by Gasteiger charge is 2.31. The van der Waals surface area contributed by atoms with Crippen molar-refractivity contribution >= 4 is 0 Å². The van der Waals surface area contributed by atoms with Crippen LogP contribution in [0.2, 0.25) is 0 Å². The van der Waals surface area contributed by atoms with Gasteiger partial charge in [0.25, 0.3) is 0 Å². The predicted molar refractivity (Wildman–Crippen MR) is 58.3 cm³/mol. The van der Waals surface area contributed by atoms with Crippen LogP contribution in [0.15, 0.2) is 0 Å². The summed E-state index contributed by atoms with van der Waals surface area (Å²) in [6.07, 6.45) is 2.27. The van der Waals surface area contributed by atoms with E-state index in [-0.39, 0.29) is 5.54 Å². The maximum absolute atomic E-state index is 14.3. The highest BCUT2D eigenvalue weighted by atomic mass is 19.1. The SMILES string of the molecule is CC(C)(C)NCC1(F)CCCNCC1. The van der Waals surface area contributed by atoms with Crippen LogP contribution in [-0.2, 0) is 0 Å². The maximum Gasteiger partial charge on any atom is 0.124 e. The Morgan fingerprint density at radius 3 is 2.64 bits per heavy atom. The molecule has 84 valence electrons. The van der Waals surface area contributed by atoms with E-state index in [0.29, 0.717) is 19.4 Å². The molecule has 1 unspecified atom stereocenters. The average molecular weight is 202 g/mol. The molecule has 0 aromatic carbocycles. The van der Waals surface area contributed by atoms with E-state index in [1.807, 2.05) is 0 Å². The van der Waals surface area contributed by atoms with Crippen molar-refractivity contribution in [1.29, 1.82) is 0 Å². The van der Waals surface area contributed by atoms with Crippen LogP contribution < -0.4 is 10.6 Å². The van der Waals surface area contributed by atoms with E-state index in [1.54, 1.807) is 0 Å². The molecular weight excluding hydrogens is 179 g/mol. The van der Waals surface area contributed by atoms with E-state index >= 15 is 0 Å². The van der Waals surface area contributed by atoms with E-state index in [2.05, 4.69) is 31.4 Å². The summed E-state index contributed by atoms with van der Waals surface area (Å²) in [6.45, 7) is 8.48. The quantitative estimate of drug-likeness (QED) is 0.714. The highest BCUT2D eigenvalue weighted by Crippen LogP contribution is 2.24. The van der Waals surface area contributed by atoms with E-state index in [1.165, 1.54) is 0 Å². The van der Waals surface area contributed by atoms with E-state index in [9.17, 15) is 4.39 Å². The summed E-state index contributed by atoms with van der Waals surface area (Å²) < 4.78 is 14.3. The second-order valence-corrected chi connectivity index (χ2v) is 5.36. The van der Waals surface area contributed by atoms with Crippen LogP contribution in [0.25, 0.3) is 0 Å². The predicted octanol–water partition coefficient (Wildman–Crippen LogP) is 1.86. The van der Waals surface area contributed by atoms with Gasteiger partial charge >= 0.3 is 0 Å². The average Bonchev–Trinajstić information content (AvgIpc) is 2.27. The van der Waals surface area contributed by atoms with Gasteiger partial charge in [-0.1, -0.05) is 0 Å². The van der Waals surface area contributed by atoms with Gasteiger partial charge in [-0.3, -0.25) is 0 Å². The molecule has 1 fully saturated rings. The van der Waals surface area contributed by atoms with Gasteiger partial charge in [0.1, 0.15) is 5.67 Å². The molecule has 1 atom stereocenters. The van der Waals surface area contributed by atoms with Gasteiger partial charge in [0.15, 0.2) is 0 Å². The first-order valence-electron chi connectivity index (χ1n) is 5.56. The van der Waals surface area contributed by atoms with Crippen molar-refractivity contribution in [3.63, 3.8) is 0 Å². The smallest absolute Gasteiger partial charge is 0.124 e. The zero-order chi connectivity index (χ0) is 10.7. The van der Waals surface area contributed by atoms with Crippen molar-refractivity contribution < 1.29 is 4.39 Å². The molecule has 3 heteroatoms. The molecule has 1 rings (SSSR count). The second-order valence-electron chi connectivity index (χ2n) is 5.36. The van der Waals surface area contributed by atoms with Crippen molar-refractivity contribution in [1.82, 2.24) is 10.6 Å². The van der Waals surface area contributed by atoms with Crippen molar-refractivity contribution in [2.75, 3.05) is 19.6 Å². The minimum absolute atomic E-state index is 0.0127. The maximum atomic E-state index is 14.3. The molecule has 14 heavy (non-hydrogen) atoms. The van der Waals surface area contributed by atoms with Crippen molar-refractivity contribution in [3.05, 3.63) is 0 Å². The molecule has 2 nitrogen and oxygen atoms in total. The molecule has 0 bridgehead atoms. The number of rotatable bonds is 2. The fourth-order valence-corrected chi connectivity index (χ4v) is 1.69. The van der Waals surface area contributed by atoms with Crippen LogP contribution in [0.1, 0.15) is 40.0 Å². The van der Waals surface area contributed by atoms with Crippen molar-refractivity contribution in [2.45, 2.75) is 51.2 Å². The standard InChI is InChI=1S/C11H23FN2/c1-10(2,3)14-9-11(12)5-4-7-13-8-6-11/h13-14H,4-9H2,1-3H3. The Balaban J connectivity index is 2.39. The van der Waals surface area contributed by atoms with E-state index in [4.69, 9.17) is 0 Å². The molecule has 1 heterocycles. The topological polar surface area (TPSA) is 24.1 Å². The molecule has 0 radical (unpaired) electrons. The third kappa shape index (κ3) is 4.38. The van der Waals surface area contributed by atoms with E-state index < -0.39 is 5.67 Å². The fourth-order valence-electron chi connectivity index (χ4n) is 1.69. The highest BCUT2D eigenvalue weighted by molar-refractivity contribution is 4.87. The van der Waals surface area contributed by atoms with Crippen LogP contribution in [0.4, 0.5) is 4.39 Å². The first kappa shape index (κ1) is 11.9. The van der Waals surface area contributed by atoms with Crippen LogP contribution in [0, 0.1) is 0 Å². The Morgan fingerprint density at radius 1 is 1.29 bits per heavy atom. The Hall–Kier alpha value is -0.150. The summed E-state index contributed by atoms with van der Waals surface area (Å²) in [5.41, 5.74) is -0.990. The molecule has 2 N–H and O–H groups in total. The van der Waals surface area contributed by atoms with Gasteiger partial charge in [-0.2, -0.15) is 0 Å². The van der Waals surface area contributed by atoms with Crippen molar-refractivity contribution in [2.24, 2.45) is 0 Å². The first-order valence-corrected chi connectivity index (χ1v) is 5.56. The Kier molecular flexibility index (Phi) is 3.90. The lowest BCUT2D eigenvalue weighted by Crippen LogP contribution is -2.45. The zero-order valence-electron chi connectivity index (χ0n) is 9.62. The molecule has 0 saturated carbocycles.